The first-order chi connectivity index (χ1) is 15.3. The molecule has 0 aliphatic carbocycles. The predicted octanol–water partition coefficient (Wildman–Crippen LogP) is 4.83. The Morgan fingerprint density at radius 1 is 0.969 bits per heavy atom. The number of hydrogen-bond acceptors (Lipinski definition) is 3. The Labute approximate surface area is 189 Å². The lowest BCUT2D eigenvalue weighted by molar-refractivity contribution is 0.0955. The minimum Gasteiger partial charge on any atom is -0.352 e. The molecule has 1 amide bonds. The van der Waals surface area contributed by atoms with Crippen LogP contribution in [0, 0.1) is 34.6 Å². The van der Waals surface area contributed by atoms with Gasteiger partial charge in [0, 0.05) is 24.4 Å². The maximum Gasteiger partial charge on any atom is 0.256 e. The van der Waals surface area contributed by atoms with Gasteiger partial charge in [-0.25, -0.2) is 9.50 Å². The molecule has 164 valence electrons. The van der Waals surface area contributed by atoms with E-state index in [0.717, 1.165) is 29.8 Å². The van der Waals surface area contributed by atoms with Crippen molar-refractivity contribution in [1.82, 2.24) is 19.9 Å². The Balaban J connectivity index is 1.58. The zero-order valence-corrected chi connectivity index (χ0v) is 19.5. The number of nitrogens with one attached hydrogen (secondary N) is 1. The van der Waals surface area contributed by atoms with Crippen LogP contribution in [0.3, 0.4) is 0 Å². The van der Waals surface area contributed by atoms with Gasteiger partial charge in [0.05, 0.1) is 6.20 Å². The highest BCUT2D eigenvalue weighted by Crippen LogP contribution is 2.24. The fraction of sp³-hybridized carbons (Fsp3) is 0.296. The maximum absolute atomic E-state index is 12.8. The van der Waals surface area contributed by atoms with Gasteiger partial charge in [0.2, 0.25) is 0 Å². The predicted molar refractivity (Wildman–Crippen MR) is 128 cm³/mol. The number of rotatable bonds is 6. The number of hydrogen-bond donors (Lipinski definition) is 1. The van der Waals surface area contributed by atoms with Crippen LogP contribution in [0.4, 0.5) is 0 Å². The van der Waals surface area contributed by atoms with Gasteiger partial charge < -0.3 is 5.32 Å². The highest BCUT2D eigenvalue weighted by atomic mass is 16.1. The summed E-state index contributed by atoms with van der Waals surface area (Å²) in [6.07, 6.45) is 3.21. The summed E-state index contributed by atoms with van der Waals surface area (Å²) in [6, 6.07) is 14.6. The summed E-state index contributed by atoms with van der Waals surface area (Å²) in [5, 5.41) is 7.51. The first-order valence-electron chi connectivity index (χ1n) is 11.1. The fourth-order valence-electron chi connectivity index (χ4n) is 4.45. The molecule has 4 rings (SSSR count). The van der Waals surface area contributed by atoms with Crippen LogP contribution in [-0.2, 0) is 12.8 Å². The van der Waals surface area contributed by atoms with Crippen molar-refractivity contribution in [2.75, 3.05) is 6.54 Å². The quantitative estimate of drug-likeness (QED) is 0.480. The minimum absolute atomic E-state index is 0.139. The van der Waals surface area contributed by atoms with E-state index in [9.17, 15) is 4.79 Å². The Hall–Kier alpha value is -3.47. The van der Waals surface area contributed by atoms with E-state index in [-0.39, 0.29) is 5.91 Å². The Bertz CT molecular complexity index is 1270. The van der Waals surface area contributed by atoms with Crippen molar-refractivity contribution >= 4 is 11.6 Å². The number of carbonyl (C=O) groups is 1. The SMILES string of the molecule is Cc1cc(C)c(Cc2c(C)nc3c(C(=O)NCCc4ccccc4)cnn3c2C)c(C)c1. The molecule has 0 bridgehead atoms. The molecule has 0 aliphatic rings. The third kappa shape index (κ3) is 4.28. The smallest absolute Gasteiger partial charge is 0.256 e. The van der Waals surface area contributed by atoms with Crippen molar-refractivity contribution in [2.24, 2.45) is 0 Å². The molecule has 0 saturated heterocycles. The van der Waals surface area contributed by atoms with Gasteiger partial charge in [0.25, 0.3) is 5.91 Å². The number of benzene rings is 2. The van der Waals surface area contributed by atoms with Crippen molar-refractivity contribution < 1.29 is 4.79 Å². The molecule has 0 atom stereocenters. The number of amides is 1. The molecule has 2 aromatic carbocycles. The van der Waals surface area contributed by atoms with Gasteiger partial charge in [-0.1, -0.05) is 48.0 Å². The number of aromatic nitrogens is 3. The summed E-state index contributed by atoms with van der Waals surface area (Å²) in [6.45, 7) is 11.1. The van der Waals surface area contributed by atoms with Crippen molar-refractivity contribution in [2.45, 2.75) is 47.5 Å². The van der Waals surface area contributed by atoms with Crippen LogP contribution in [0.5, 0.6) is 0 Å². The van der Waals surface area contributed by atoms with E-state index in [0.29, 0.717) is 17.8 Å². The molecule has 0 spiro atoms. The zero-order valence-electron chi connectivity index (χ0n) is 19.5. The van der Waals surface area contributed by atoms with Crippen LogP contribution >= 0.6 is 0 Å². The van der Waals surface area contributed by atoms with E-state index in [1.165, 1.54) is 27.8 Å². The summed E-state index contributed by atoms with van der Waals surface area (Å²) in [7, 11) is 0. The molecule has 32 heavy (non-hydrogen) atoms. The van der Waals surface area contributed by atoms with E-state index in [2.05, 4.69) is 62.4 Å². The summed E-state index contributed by atoms with van der Waals surface area (Å²) in [5.41, 5.74) is 10.6. The standard InChI is InChI=1S/C27H30N4O/c1-17-13-18(2)23(19(3)14-17)15-24-20(4)30-26-25(16-29-31(26)21(24)5)27(32)28-12-11-22-9-7-6-8-10-22/h6-10,13-14,16H,11-12,15H2,1-5H3,(H,28,32). The fourth-order valence-corrected chi connectivity index (χ4v) is 4.45. The van der Waals surface area contributed by atoms with Gasteiger partial charge in [-0.05, 0) is 68.9 Å². The van der Waals surface area contributed by atoms with Crippen LogP contribution in [0.1, 0.15) is 55.1 Å². The maximum atomic E-state index is 12.8. The summed E-state index contributed by atoms with van der Waals surface area (Å²) < 4.78 is 1.80. The van der Waals surface area contributed by atoms with Gasteiger partial charge >= 0.3 is 0 Å². The lowest BCUT2D eigenvalue weighted by atomic mass is 9.93. The third-order valence-corrected chi connectivity index (χ3v) is 6.19. The Morgan fingerprint density at radius 3 is 2.34 bits per heavy atom. The number of fused-ring (bicyclic) bond motifs is 1. The first-order valence-corrected chi connectivity index (χ1v) is 11.1. The number of carbonyl (C=O) groups excluding carboxylic acids is 1. The average molecular weight is 427 g/mol. The van der Waals surface area contributed by atoms with Crippen molar-refractivity contribution in [3.63, 3.8) is 0 Å². The van der Waals surface area contributed by atoms with Gasteiger partial charge in [-0.3, -0.25) is 4.79 Å². The molecule has 2 aromatic heterocycles. The normalized spacial score (nSPS) is 11.2. The van der Waals surface area contributed by atoms with E-state index >= 15 is 0 Å². The van der Waals surface area contributed by atoms with Gasteiger partial charge in [0.1, 0.15) is 5.56 Å². The van der Waals surface area contributed by atoms with Crippen LogP contribution in [-0.4, -0.2) is 27.0 Å². The summed E-state index contributed by atoms with van der Waals surface area (Å²) in [4.78, 5) is 17.6. The highest BCUT2D eigenvalue weighted by Gasteiger charge is 2.19. The molecule has 0 radical (unpaired) electrons. The second-order valence-corrected chi connectivity index (χ2v) is 8.60. The lowest BCUT2D eigenvalue weighted by Gasteiger charge is -2.15. The molecule has 1 N–H and O–H groups in total. The second-order valence-electron chi connectivity index (χ2n) is 8.60. The topological polar surface area (TPSA) is 59.3 Å². The molecule has 0 fully saturated rings. The van der Waals surface area contributed by atoms with E-state index < -0.39 is 0 Å². The van der Waals surface area contributed by atoms with E-state index in [1.807, 2.05) is 25.1 Å². The molecule has 5 nitrogen and oxygen atoms in total. The summed E-state index contributed by atoms with van der Waals surface area (Å²) in [5.74, 6) is -0.139. The Kier molecular flexibility index (Phi) is 6.08. The molecule has 5 heteroatoms. The lowest BCUT2D eigenvalue weighted by Crippen LogP contribution is -2.25. The number of nitrogens with zero attached hydrogens (tertiary/aromatic N) is 3. The molecule has 2 heterocycles. The first kappa shape index (κ1) is 21.8. The summed E-state index contributed by atoms with van der Waals surface area (Å²) >= 11 is 0. The second kappa shape index (κ2) is 8.95. The molecule has 4 aromatic rings. The number of aryl methyl sites for hydroxylation is 5. The molecular formula is C27H30N4O. The van der Waals surface area contributed by atoms with E-state index in [1.54, 1.807) is 10.7 Å². The Morgan fingerprint density at radius 2 is 1.66 bits per heavy atom. The highest BCUT2D eigenvalue weighted by molar-refractivity contribution is 5.99. The van der Waals surface area contributed by atoms with E-state index in [4.69, 9.17) is 4.98 Å². The molecule has 0 saturated carbocycles. The average Bonchev–Trinajstić information content (AvgIpc) is 3.17. The van der Waals surface area contributed by atoms with Gasteiger partial charge in [0.15, 0.2) is 5.65 Å². The largest absolute Gasteiger partial charge is 0.352 e. The minimum atomic E-state index is -0.139. The third-order valence-electron chi connectivity index (χ3n) is 6.19. The zero-order chi connectivity index (χ0) is 22.8. The molecule has 0 aliphatic heterocycles. The van der Waals surface area contributed by atoms with Crippen molar-refractivity contribution in [3.8, 4) is 0 Å². The van der Waals surface area contributed by atoms with Crippen LogP contribution in [0.2, 0.25) is 0 Å². The van der Waals surface area contributed by atoms with Gasteiger partial charge in [-0.2, -0.15) is 5.10 Å². The van der Waals surface area contributed by atoms with Crippen LogP contribution in [0.15, 0.2) is 48.7 Å². The molecular weight excluding hydrogens is 396 g/mol. The van der Waals surface area contributed by atoms with Crippen LogP contribution < -0.4 is 5.32 Å². The van der Waals surface area contributed by atoms with Crippen molar-refractivity contribution in [3.05, 3.63) is 99.0 Å². The molecule has 0 unspecified atom stereocenters. The monoisotopic (exact) mass is 426 g/mol. The van der Waals surface area contributed by atoms with Crippen molar-refractivity contribution in [1.29, 1.82) is 0 Å². The van der Waals surface area contributed by atoms with Crippen LogP contribution in [0.25, 0.3) is 5.65 Å². The van der Waals surface area contributed by atoms with Gasteiger partial charge in [-0.15, -0.1) is 0 Å².